The summed E-state index contributed by atoms with van der Waals surface area (Å²) in [4.78, 5) is 15.8. The number of aromatic nitrogens is 1. The Morgan fingerprint density at radius 1 is 1.59 bits per heavy atom. The third kappa shape index (κ3) is 4.68. The van der Waals surface area contributed by atoms with Crippen LogP contribution in [0.4, 0.5) is 5.69 Å². The van der Waals surface area contributed by atoms with E-state index in [4.69, 9.17) is 0 Å². The summed E-state index contributed by atoms with van der Waals surface area (Å²) in [6.07, 6.45) is 3.38. The number of anilines is 1. The van der Waals surface area contributed by atoms with Crippen LogP contribution in [0.25, 0.3) is 0 Å². The number of hydrogen-bond acceptors (Lipinski definition) is 3. The van der Waals surface area contributed by atoms with Crippen LogP contribution in [-0.4, -0.2) is 24.0 Å². The quantitative estimate of drug-likeness (QED) is 0.739. The van der Waals surface area contributed by atoms with Crippen molar-refractivity contribution in [3.8, 4) is 0 Å². The Morgan fingerprint density at radius 2 is 2.35 bits per heavy atom. The molecular weight excluding hydrogens is 214 g/mol. The Balaban J connectivity index is 2.63. The minimum absolute atomic E-state index is 0.138. The van der Waals surface area contributed by atoms with Gasteiger partial charge < -0.3 is 10.6 Å². The summed E-state index contributed by atoms with van der Waals surface area (Å²) in [6.45, 7) is 9.05. The van der Waals surface area contributed by atoms with E-state index < -0.39 is 0 Å². The zero-order chi connectivity index (χ0) is 12.7. The lowest BCUT2D eigenvalue weighted by molar-refractivity contribution is 0.0944. The van der Waals surface area contributed by atoms with Gasteiger partial charge in [-0.25, -0.2) is 0 Å². The summed E-state index contributed by atoms with van der Waals surface area (Å²) < 4.78 is 0. The second-order valence-corrected chi connectivity index (χ2v) is 4.20. The fourth-order valence-electron chi connectivity index (χ4n) is 1.24. The van der Waals surface area contributed by atoms with Crippen molar-refractivity contribution in [1.29, 1.82) is 0 Å². The van der Waals surface area contributed by atoms with E-state index in [0.29, 0.717) is 24.7 Å². The average Bonchev–Trinajstić information content (AvgIpc) is 2.33. The number of rotatable bonds is 6. The van der Waals surface area contributed by atoms with Gasteiger partial charge in [0.05, 0.1) is 0 Å². The van der Waals surface area contributed by atoms with Gasteiger partial charge in [-0.05, 0) is 18.1 Å². The van der Waals surface area contributed by atoms with Gasteiger partial charge in [-0.2, -0.15) is 0 Å². The zero-order valence-corrected chi connectivity index (χ0v) is 10.4. The molecule has 1 aromatic rings. The van der Waals surface area contributed by atoms with Gasteiger partial charge in [0.2, 0.25) is 0 Å². The summed E-state index contributed by atoms with van der Waals surface area (Å²) in [7, 11) is 0. The molecule has 4 heteroatoms. The van der Waals surface area contributed by atoms with Crippen molar-refractivity contribution in [3.63, 3.8) is 0 Å². The summed E-state index contributed by atoms with van der Waals surface area (Å²) in [5, 5.41) is 5.95. The molecule has 0 unspecified atom stereocenters. The molecular formula is C13H19N3O. The molecule has 0 aliphatic carbocycles. The van der Waals surface area contributed by atoms with Crippen molar-refractivity contribution in [3.05, 3.63) is 36.7 Å². The van der Waals surface area contributed by atoms with Crippen LogP contribution in [-0.2, 0) is 0 Å². The lowest BCUT2D eigenvalue weighted by Gasteiger charge is -2.08. The monoisotopic (exact) mass is 233 g/mol. The lowest BCUT2D eigenvalue weighted by Crippen LogP contribution is -2.28. The van der Waals surface area contributed by atoms with Crippen LogP contribution in [0.2, 0.25) is 0 Å². The highest BCUT2D eigenvalue weighted by Gasteiger charge is 2.07. The molecule has 0 bridgehead atoms. The second kappa shape index (κ2) is 6.68. The van der Waals surface area contributed by atoms with Gasteiger partial charge in [0, 0.05) is 25.0 Å². The van der Waals surface area contributed by atoms with Gasteiger partial charge >= 0.3 is 0 Å². The van der Waals surface area contributed by atoms with Gasteiger partial charge in [0.1, 0.15) is 5.69 Å². The van der Waals surface area contributed by atoms with Crippen molar-refractivity contribution in [2.75, 3.05) is 18.4 Å². The zero-order valence-electron chi connectivity index (χ0n) is 10.4. The first-order valence-corrected chi connectivity index (χ1v) is 5.72. The number of amides is 1. The molecule has 0 saturated carbocycles. The topological polar surface area (TPSA) is 54.0 Å². The summed E-state index contributed by atoms with van der Waals surface area (Å²) in [6, 6.07) is 3.56. The third-order valence-electron chi connectivity index (χ3n) is 2.11. The van der Waals surface area contributed by atoms with Crippen LogP contribution in [0.3, 0.4) is 0 Å². The molecule has 92 valence electrons. The molecule has 17 heavy (non-hydrogen) atoms. The highest BCUT2D eigenvalue weighted by molar-refractivity contribution is 5.93. The average molecular weight is 233 g/mol. The Labute approximate surface area is 102 Å². The van der Waals surface area contributed by atoms with E-state index >= 15 is 0 Å². The van der Waals surface area contributed by atoms with Crippen LogP contribution in [0.1, 0.15) is 24.3 Å². The Morgan fingerprint density at radius 3 is 3.00 bits per heavy atom. The Bertz CT molecular complexity index is 388. The molecule has 0 spiro atoms. The highest BCUT2D eigenvalue weighted by atomic mass is 16.1. The number of nitrogens with one attached hydrogen (secondary N) is 2. The molecule has 0 aromatic carbocycles. The maximum Gasteiger partial charge on any atom is 0.269 e. The molecule has 0 radical (unpaired) electrons. The van der Waals surface area contributed by atoms with Gasteiger partial charge in [-0.1, -0.05) is 19.9 Å². The Hall–Kier alpha value is -1.84. The molecule has 0 saturated heterocycles. The van der Waals surface area contributed by atoms with Crippen molar-refractivity contribution in [2.45, 2.75) is 13.8 Å². The van der Waals surface area contributed by atoms with Gasteiger partial charge in [0.15, 0.2) is 0 Å². The van der Waals surface area contributed by atoms with Crippen LogP contribution in [0.15, 0.2) is 31.0 Å². The van der Waals surface area contributed by atoms with E-state index in [2.05, 4.69) is 36.0 Å². The van der Waals surface area contributed by atoms with Crippen LogP contribution >= 0.6 is 0 Å². The maximum absolute atomic E-state index is 11.8. The number of carbonyl (C=O) groups is 1. The van der Waals surface area contributed by atoms with Crippen LogP contribution in [0, 0.1) is 5.92 Å². The maximum atomic E-state index is 11.8. The first-order valence-electron chi connectivity index (χ1n) is 5.72. The molecule has 1 heterocycles. The largest absolute Gasteiger partial charge is 0.381 e. The van der Waals surface area contributed by atoms with Crippen LogP contribution in [0.5, 0.6) is 0 Å². The van der Waals surface area contributed by atoms with E-state index in [1.54, 1.807) is 18.3 Å². The first-order chi connectivity index (χ1) is 8.13. The molecule has 0 atom stereocenters. The standard InChI is InChI=1S/C13H19N3O/c1-4-6-14-11-5-7-15-12(8-11)13(17)16-9-10(2)3/h4-5,7-8,10H,1,6,9H2,2-3H3,(H,14,15)(H,16,17). The summed E-state index contributed by atoms with van der Waals surface area (Å²) >= 11 is 0. The van der Waals surface area contributed by atoms with Crippen molar-refractivity contribution >= 4 is 11.6 Å². The predicted molar refractivity (Wildman–Crippen MR) is 70.1 cm³/mol. The van der Waals surface area contributed by atoms with E-state index in [1.807, 2.05) is 6.07 Å². The van der Waals surface area contributed by atoms with E-state index in [9.17, 15) is 4.79 Å². The lowest BCUT2D eigenvalue weighted by atomic mass is 10.2. The van der Waals surface area contributed by atoms with Gasteiger partial charge in [-0.3, -0.25) is 9.78 Å². The molecule has 1 rings (SSSR count). The van der Waals surface area contributed by atoms with E-state index in [1.165, 1.54) is 0 Å². The van der Waals surface area contributed by atoms with E-state index in [0.717, 1.165) is 5.69 Å². The summed E-state index contributed by atoms with van der Waals surface area (Å²) in [5.74, 6) is 0.293. The number of nitrogens with zero attached hydrogens (tertiary/aromatic N) is 1. The van der Waals surface area contributed by atoms with Crippen molar-refractivity contribution in [2.24, 2.45) is 5.92 Å². The third-order valence-corrected chi connectivity index (χ3v) is 2.11. The van der Waals surface area contributed by atoms with Crippen LogP contribution < -0.4 is 10.6 Å². The molecule has 0 fully saturated rings. The number of carbonyl (C=O) groups excluding carboxylic acids is 1. The number of hydrogen-bond donors (Lipinski definition) is 2. The van der Waals surface area contributed by atoms with E-state index in [-0.39, 0.29) is 5.91 Å². The molecule has 4 nitrogen and oxygen atoms in total. The molecule has 1 amide bonds. The molecule has 1 aromatic heterocycles. The smallest absolute Gasteiger partial charge is 0.269 e. The molecule has 2 N–H and O–H groups in total. The van der Waals surface area contributed by atoms with Gasteiger partial charge in [0.25, 0.3) is 5.91 Å². The normalized spacial score (nSPS) is 10.1. The number of pyridine rings is 1. The van der Waals surface area contributed by atoms with Crippen molar-refractivity contribution < 1.29 is 4.79 Å². The molecule has 0 aliphatic rings. The molecule has 0 aliphatic heterocycles. The minimum atomic E-state index is -0.138. The highest BCUT2D eigenvalue weighted by Crippen LogP contribution is 2.07. The second-order valence-electron chi connectivity index (χ2n) is 4.20. The van der Waals surface area contributed by atoms with Gasteiger partial charge in [-0.15, -0.1) is 6.58 Å². The Kier molecular flexibility index (Phi) is 5.20. The first kappa shape index (κ1) is 13.2. The van der Waals surface area contributed by atoms with Crippen molar-refractivity contribution in [1.82, 2.24) is 10.3 Å². The summed E-state index contributed by atoms with van der Waals surface area (Å²) in [5.41, 5.74) is 1.30. The minimum Gasteiger partial charge on any atom is -0.381 e. The predicted octanol–water partition coefficient (Wildman–Crippen LogP) is 2.07. The SMILES string of the molecule is C=CCNc1ccnc(C(=O)NCC(C)C)c1. The fraction of sp³-hybridized carbons (Fsp3) is 0.385. The fourth-order valence-corrected chi connectivity index (χ4v) is 1.24.